The number of hydrogen-bond donors (Lipinski definition) is 1. The van der Waals surface area contributed by atoms with Gasteiger partial charge in [0.15, 0.2) is 0 Å². The van der Waals surface area contributed by atoms with Crippen molar-refractivity contribution in [3.63, 3.8) is 0 Å². The van der Waals surface area contributed by atoms with Crippen LogP contribution in [0.3, 0.4) is 0 Å². The molecule has 1 aromatic heterocycles. The first-order chi connectivity index (χ1) is 6.72. The highest BCUT2D eigenvalue weighted by atomic mass is 32.2. The van der Waals surface area contributed by atoms with E-state index in [0.29, 0.717) is 5.25 Å². The summed E-state index contributed by atoms with van der Waals surface area (Å²) in [6, 6.07) is 0. The van der Waals surface area contributed by atoms with Gasteiger partial charge in [-0.15, -0.1) is 0 Å². The summed E-state index contributed by atoms with van der Waals surface area (Å²) in [5.41, 5.74) is 7.83. The number of nitrogens with two attached hydrogens (primary N) is 1. The van der Waals surface area contributed by atoms with Crippen LogP contribution in [0, 0.1) is 0 Å². The van der Waals surface area contributed by atoms with E-state index in [1.165, 1.54) is 0 Å². The highest BCUT2D eigenvalue weighted by molar-refractivity contribution is 8.00. The maximum absolute atomic E-state index is 6.00. The van der Waals surface area contributed by atoms with Crippen molar-refractivity contribution in [1.82, 2.24) is 9.78 Å². The second-order valence-electron chi connectivity index (χ2n) is 3.42. The molecule has 4 nitrogen and oxygen atoms in total. The van der Waals surface area contributed by atoms with Gasteiger partial charge in [0.25, 0.3) is 0 Å². The summed E-state index contributed by atoms with van der Waals surface area (Å²) in [5, 5.41) is 6.00. The van der Waals surface area contributed by atoms with Gasteiger partial charge in [0, 0.05) is 7.05 Å². The summed E-state index contributed by atoms with van der Waals surface area (Å²) in [6.07, 6.45) is 0.890. The van der Waals surface area contributed by atoms with Crippen LogP contribution in [0.2, 0.25) is 0 Å². The predicted octanol–water partition coefficient (Wildman–Crippen LogP) is 1.06. The van der Waals surface area contributed by atoms with Crippen LogP contribution in [0.1, 0.15) is 12.6 Å². The van der Waals surface area contributed by atoms with Crippen LogP contribution in [-0.4, -0.2) is 28.2 Å². The smallest absolute Gasteiger partial charge is 0.117 e. The van der Waals surface area contributed by atoms with E-state index in [1.54, 1.807) is 11.8 Å². The van der Waals surface area contributed by atoms with E-state index in [1.807, 2.05) is 11.7 Å². The van der Waals surface area contributed by atoms with Crippen molar-refractivity contribution >= 4 is 17.4 Å². The third-order valence-electron chi connectivity index (χ3n) is 2.33. The van der Waals surface area contributed by atoms with Gasteiger partial charge in [-0.2, -0.15) is 5.10 Å². The molecule has 78 valence electrons. The Morgan fingerprint density at radius 3 is 2.79 bits per heavy atom. The molecule has 1 aliphatic rings. The molecule has 1 aliphatic heterocycles. The molecule has 0 bridgehead atoms. The van der Waals surface area contributed by atoms with E-state index < -0.39 is 0 Å². The monoisotopic (exact) mass is 213 g/mol. The zero-order valence-corrected chi connectivity index (χ0v) is 9.30. The Bertz CT molecular complexity index is 333. The first-order valence-corrected chi connectivity index (χ1v) is 5.66. The number of thioether (sulfide) groups is 1. The second kappa shape index (κ2) is 3.82. The maximum Gasteiger partial charge on any atom is 0.117 e. The van der Waals surface area contributed by atoms with E-state index in [0.717, 1.165) is 36.0 Å². The van der Waals surface area contributed by atoms with Gasteiger partial charge in [-0.1, -0.05) is 18.7 Å². The lowest BCUT2D eigenvalue weighted by molar-refractivity contribution is 0.0454. The van der Waals surface area contributed by atoms with Crippen molar-refractivity contribution < 1.29 is 4.74 Å². The zero-order valence-electron chi connectivity index (χ0n) is 8.49. The highest BCUT2D eigenvalue weighted by Gasteiger charge is 2.23. The fourth-order valence-corrected chi connectivity index (χ4v) is 2.50. The lowest BCUT2D eigenvalue weighted by atomic mass is 10.3. The van der Waals surface area contributed by atoms with Crippen molar-refractivity contribution in [3.8, 4) is 0 Å². The maximum atomic E-state index is 6.00. The molecule has 0 radical (unpaired) electrons. The van der Waals surface area contributed by atoms with E-state index in [9.17, 15) is 0 Å². The topological polar surface area (TPSA) is 53.1 Å². The van der Waals surface area contributed by atoms with Gasteiger partial charge in [0.05, 0.1) is 29.8 Å². The molecular weight excluding hydrogens is 198 g/mol. The van der Waals surface area contributed by atoms with Crippen LogP contribution in [0.25, 0.3) is 0 Å². The molecule has 1 aromatic rings. The molecule has 0 saturated carbocycles. The molecule has 0 aromatic carbocycles. The van der Waals surface area contributed by atoms with Crippen LogP contribution in [0.4, 0.5) is 5.69 Å². The van der Waals surface area contributed by atoms with Gasteiger partial charge in [0.2, 0.25) is 0 Å². The SMILES string of the molecule is CCc1nn(C)c(SC2COC2)c1N. The van der Waals surface area contributed by atoms with Gasteiger partial charge in [-0.05, 0) is 6.42 Å². The predicted molar refractivity (Wildman–Crippen MR) is 57.5 cm³/mol. The third-order valence-corrected chi connectivity index (χ3v) is 3.64. The Morgan fingerprint density at radius 2 is 2.36 bits per heavy atom. The number of aryl methyl sites for hydroxylation is 2. The number of rotatable bonds is 3. The quantitative estimate of drug-likeness (QED) is 0.815. The standard InChI is InChI=1S/C9H15N3OS/c1-3-7-8(10)9(12(2)11-7)14-6-4-13-5-6/h6H,3-5,10H2,1-2H3. The Labute approximate surface area is 87.8 Å². The van der Waals surface area contributed by atoms with Crippen molar-refractivity contribution in [2.24, 2.45) is 7.05 Å². The van der Waals surface area contributed by atoms with Crippen LogP contribution < -0.4 is 5.73 Å². The van der Waals surface area contributed by atoms with Gasteiger partial charge in [-0.25, -0.2) is 0 Å². The van der Waals surface area contributed by atoms with Crippen molar-refractivity contribution in [1.29, 1.82) is 0 Å². The van der Waals surface area contributed by atoms with Crippen molar-refractivity contribution in [2.75, 3.05) is 18.9 Å². The molecule has 14 heavy (non-hydrogen) atoms. The molecule has 0 amide bonds. The number of anilines is 1. The van der Waals surface area contributed by atoms with Gasteiger partial charge < -0.3 is 10.5 Å². The average Bonchev–Trinajstić information content (AvgIpc) is 2.36. The molecule has 0 spiro atoms. The largest absolute Gasteiger partial charge is 0.395 e. The Kier molecular flexibility index (Phi) is 2.69. The summed E-state index contributed by atoms with van der Waals surface area (Å²) in [7, 11) is 1.94. The first-order valence-electron chi connectivity index (χ1n) is 4.78. The molecule has 1 fully saturated rings. The lowest BCUT2D eigenvalue weighted by Gasteiger charge is -2.25. The summed E-state index contributed by atoms with van der Waals surface area (Å²) in [4.78, 5) is 0. The molecular formula is C9H15N3OS. The molecule has 1 saturated heterocycles. The molecule has 2 N–H and O–H groups in total. The molecule has 2 rings (SSSR count). The van der Waals surface area contributed by atoms with Crippen LogP contribution >= 0.6 is 11.8 Å². The Balaban J connectivity index is 2.18. The number of nitrogens with zero attached hydrogens (tertiary/aromatic N) is 2. The van der Waals surface area contributed by atoms with E-state index in [-0.39, 0.29) is 0 Å². The van der Waals surface area contributed by atoms with Crippen LogP contribution in [-0.2, 0) is 18.2 Å². The van der Waals surface area contributed by atoms with Gasteiger partial charge >= 0.3 is 0 Å². The number of hydrogen-bond acceptors (Lipinski definition) is 4. The Hall–Kier alpha value is -0.680. The lowest BCUT2D eigenvalue weighted by Crippen LogP contribution is -2.30. The number of ether oxygens (including phenoxy) is 1. The van der Waals surface area contributed by atoms with Gasteiger partial charge in [-0.3, -0.25) is 4.68 Å². The fourth-order valence-electron chi connectivity index (χ4n) is 1.42. The van der Waals surface area contributed by atoms with E-state index in [2.05, 4.69) is 12.0 Å². The first kappa shape index (κ1) is 9.86. The highest BCUT2D eigenvalue weighted by Crippen LogP contribution is 2.33. The minimum absolute atomic E-state index is 0.553. The molecule has 0 atom stereocenters. The van der Waals surface area contributed by atoms with Crippen LogP contribution in [0.5, 0.6) is 0 Å². The zero-order chi connectivity index (χ0) is 10.1. The molecule has 2 heterocycles. The number of aromatic nitrogens is 2. The summed E-state index contributed by atoms with van der Waals surface area (Å²) in [5.74, 6) is 0. The normalized spacial score (nSPS) is 17.0. The molecule has 5 heteroatoms. The second-order valence-corrected chi connectivity index (χ2v) is 4.71. The van der Waals surface area contributed by atoms with Crippen molar-refractivity contribution in [2.45, 2.75) is 23.6 Å². The minimum atomic E-state index is 0.553. The minimum Gasteiger partial charge on any atom is -0.395 e. The fraction of sp³-hybridized carbons (Fsp3) is 0.667. The van der Waals surface area contributed by atoms with Gasteiger partial charge in [0.1, 0.15) is 5.03 Å². The molecule has 0 aliphatic carbocycles. The van der Waals surface area contributed by atoms with E-state index in [4.69, 9.17) is 10.5 Å². The van der Waals surface area contributed by atoms with Crippen LogP contribution in [0.15, 0.2) is 5.03 Å². The number of nitrogen functional groups attached to an aromatic ring is 1. The third kappa shape index (κ3) is 1.62. The average molecular weight is 213 g/mol. The summed E-state index contributed by atoms with van der Waals surface area (Å²) < 4.78 is 7.00. The molecule has 0 unspecified atom stereocenters. The van der Waals surface area contributed by atoms with Crippen molar-refractivity contribution in [3.05, 3.63) is 5.69 Å². The summed E-state index contributed by atoms with van der Waals surface area (Å²) >= 11 is 1.77. The Morgan fingerprint density at radius 1 is 1.64 bits per heavy atom. The summed E-state index contributed by atoms with van der Waals surface area (Å²) in [6.45, 7) is 3.73. The van der Waals surface area contributed by atoms with E-state index >= 15 is 0 Å².